The third kappa shape index (κ3) is 4.55. The van der Waals surface area contributed by atoms with Gasteiger partial charge in [-0.3, -0.25) is 4.79 Å². The molecule has 0 aliphatic carbocycles. The van der Waals surface area contributed by atoms with Crippen LogP contribution in [0.1, 0.15) is 25.8 Å². The molecular weight excluding hydrogens is 204 g/mol. The Bertz CT molecular complexity index is 308. The van der Waals surface area contributed by atoms with Crippen LogP contribution in [0.25, 0.3) is 0 Å². The van der Waals surface area contributed by atoms with Crippen molar-refractivity contribution < 1.29 is 14.3 Å². The van der Waals surface area contributed by atoms with E-state index in [1.54, 1.807) is 6.92 Å². The fourth-order valence-electron chi connectivity index (χ4n) is 1.26. The third-order valence-corrected chi connectivity index (χ3v) is 2.31. The molecule has 1 unspecified atom stereocenters. The van der Waals surface area contributed by atoms with E-state index in [0.717, 1.165) is 5.56 Å². The van der Waals surface area contributed by atoms with Gasteiger partial charge in [-0.25, -0.2) is 0 Å². The minimum atomic E-state index is -0.374. The predicted molar refractivity (Wildman–Crippen MR) is 61.9 cm³/mol. The molecule has 0 spiro atoms. The lowest BCUT2D eigenvalue weighted by Gasteiger charge is -2.11. The Hall–Kier alpha value is -1.19. The zero-order valence-electron chi connectivity index (χ0n) is 9.81. The zero-order valence-corrected chi connectivity index (χ0v) is 9.81. The minimum Gasteiger partial charge on any atom is -0.351 e. The molecule has 16 heavy (non-hydrogen) atoms. The van der Waals surface area contributed by atoms with Gasteiger partial charge in [-0.1, -0.05) is 37.3 Å². The molecule has 0 heterocycles. The second-order valence-corrected chi connectivity index (χ2v) is 3.58. The first-order valence-corrected chi connectivity index (χ1v) is 5.50. The molecule has 0 radical (unpaired) electrons. The molecule has 88 valence electrons. The summed E-state index contributed by atoms with van der Waals surface area (Å²) in [7, 11) is 0. The van der Waals surface area contributed by atoms with Crippen molar-refractivity contribution in [2.24, 2.45) is 0 Å². The lowest BCUT2D eigenvalue weighted by Crippen LogP contribution is -2.21. The lowest BCUT2D eigenvalue weighted by atomic mass is 10.2. The van der Waals surface area contributed by atoms with Crippen molar-refractivity contribution in [3.63, 3.8) is 0 Å². The van der Waals surface area contributed by atoms with Crippen LogP contribution in [0, 0.1) is 0 Å². The number of ether oxygens (including phenoxy) is 2. The van der Waals surface area contributed by atoms with E-state index < -0.39 is 0 Å². The Labute approximate surface area is 96.4 Å². The van der Waals surface area contributed by atoms with Crippen molar-refractivity contribution >= 4 is 5.78 Å². The summed E-state index contributed by atoms with van der Waals surface area (Å²) in [5.41, 5.74) is 1.10. The Morgan fingerprint density at radius 1 is 1.31 bits per heavy atom. The summed E-state index contributed by atoms with van der Waals surface area (Å²) in [6.45, 7) is 4.24. The van der Waals surface area contributed by atoms with Crippen molar-refractivity contribution in [2.75, 3.05) is 6.79 Å². The van der Waals surface area contributed by atoms with Crippen LogP contribution in [0.3, 0.4) is 0 Å². The Morgan fingerprint density at radius 3 is 2.62 bits per heavy atom. The predicted octanol–water partition coefficient (Wildman–Crippen LogP) is 2.54. The molecule has 3 nitrogen and oxygen atoms in total. The number of hydrogen-bond donors (Lipinski definition) is 0. The number of benzene rings is 1. The van der Waals surface area contributed by atoms with E-state index in [9.17, 15) is 4.79 Å². The van der Waals surface area contributed by atoms with Crippen LogP contribution in [-0.4, -0.2) is 18.7 Å². The molecule has 1 atom stereocenters. The number of carbonyl (C=O) groups excluding carboxylic acids is 1. The first-order chi connectivity index (χ1) is 7.74. The highest BCUT2D eigenvalue weighted by Crippen LogP contribution is 2.02. The number of ketones is 1. The van der Waals surface area contributed by atoms with Gasteiger partial charge >= 0.3 is 0 Å². The second-order valence-electron chi connectivity index (χ2n) is 3.58. The summed E-state index contributed by atoms with van der Waals surface area (Å²) >= 11 is 0. The van der Waals surface area contributed by atoms with Crippen molar-refractivity contribution in [1.29, 1.82) is 0 Å². The Balaban J connectivity index is 2.15. The van der Waals surface area contributed by atoms with Crippen LogP contribution in [0.2, 0.25) is 0 Å². The number of carbonyl (C=O) groups is 1. The summed E-state index contributed by atoms with van der Waals surface area (Å²) < 4.78 is 10.6. The monoisotopic (exact) mass is 222 g/mol. The average Bonchev–Trinajstić information content (AvgIpc) is 2.34. The molecule has 0 aromatic heterocycles. The minimum absolute atomic E-state index is 0.100. The van der Waals surface area contributed by atoms with Gasteiger partial charge < -0.3 is 9.47 Å². The van der Waals surface area contributed by atoms with Crippen LogP contribution in [0.5, 0.6) is 0 Å². The van der Waals surface area contributed by atoms with E-state index in [1.165, 1.54) is 0 Å². The summed E-state index contributed by atoms with van der Waals surface area (Å²) in [6.07, 6.45) is 0.126. The molecule has 0 bridgehead atoms. The van der Waals surface area contributed by atoms with Crippen LogP contribution >= 0.6 is 0 Å². The number of Topliss-reactive ketones (excluding diaryl/α,β-unsaturated/α-hetero) is 1. The SMILES string of the molecule is CCC(=O)C(C)OCOCc1ccccc1. The van der Waals surface area contributed by atoms with E-state index in [0.29, 0.717) is 13.0 Å². The van der Waals surface area contributed by atoms with E-state index in [1.807, 2.05) is 37.3 Å². The van der Waals surface area contributed by atoms with Gasteiger partial charge in [0, 0.05) is 6.42 Å². The van der Waals surface area contributed by atoms with E-state index in [-0.39, 0.29) is 18.7 Å². The van der Waals surface area contributed by atoms with Gasteiger partial charge in [-0.2, -0.15) is 0 Å². The van der Waals surface area contributed by atoms with Gasteiger partial charge in [0.1, 0.15) is 12.9 Å². The van der Waals surface area contributed by atoms with Crippen LogP contribution in [0.4, 0.5) is 0 Å². The second kappa shape index (κ2) is 7.14. The first kappa shape index (κ1) is 12.9. The van der Waals surface area contributed by atoms with E-state index in [2.05, 4.69) is 0 Å². The smallest absolute Gasteiger partial charge is 0.161 e. The fourth-order valence-corrected chi connectivity index (χ4v) is 1.26. The van der Waals surface area contributed by atoms with Crippen molar-refractivity contribution in [3.8, 4) is 0 Å². The van der Waals surface area contributed by atoms with Gasteiger partial charge in [0.15, 0.2) is 5.78 Å². The largest absolute Gasteiger partial charge is 0.351 e. The molecule has 0 amide bonds. The Morgan fingerprint density at radius 2 is 2.00 bits per heavy atom. The van der Waals surface area contributed by atoms with Crippen LogP contribution in [-0.2, 0) is 20.9 Å². The molecule has 0 saturated carbocycles. The van der Waals surface area contributed by atoms with Gasteiger partial charge in [-0.05, 0) is 12.5 Å². The molecule has 0 saturated heterocycles. The van der Waals surface area contributed by atoms with E-state index >= 15 is 0 Å². The zero-order chi connectivity index (χ0) is 11.8. The maximum atomic E-state index is 11.2. The quantitative estimate of drug-likeness (QED) is 0.525. The standard InChI is InChI=1S/C13H18O3/c1-3-13(14)11(2)16-10-15-9-12-7-5-4-6-8-12/h4-8,11H,3,9-10H2,1-2H3. The maximum Gasteiger partial charge on any atom is 0.161 e. The molecule has 1 aromatic rings. The highest BCUT2D eigenvalue weighted by Gasteiger charge is 2.10. The highest BCUT2D eigenvalue weighted by molar-refractivity contribution is 5.82. The molecule has 1 rings (SSSR count). The highest BCUT2D eigenvalue weighted by atomic mass is 16.7. The van der Waals surface area contributed by atoms with Crippen LogP contribution < -0.4 is 0 Å². The summed E-state index contributed by atoms with van der Waals surface area (Å²) in [5.74, 6) is 0.100. The third-order valence-electron chi connectivity index (χ3n) is 2.31. The maximum absolute atomic E-state index is 11.2. The molecular formula is C13H18O3. The first-order valence-electron chi connectivity index (χ1n) is 5.50. The topological polar surface area (TPSA) is 35.5 Å². The molecule has 0 aliphatic rings. The van der Waals surface area contributed by atoms with Crippen molar-refractivity contribution in [2.45, 2.75) is 33.0 Å². The van der Waals surface area contributed by atoms with Gasteiger partial charge in [-0.15, -0.1) is 0 Å². The number of rotatable bonds is 7. The normalized spacial score (nSPS) is 12.4. The van der Waals surface area contributed by atoms with Gasteiger partial charge in [0.2, 0.25) is 0 Å². The van der Waals surface area contributed by atoms with Crippen LogP contribution in [0.15, 0.2) is 30.3 Å². The van der Waals surface area contributed by atoms with E-state index in [4.69, 9.17) is 9.47 Å². The van der Waals surface area contributed by atoms with Gasteiger partial charge in [0.05, 0.1) is 6.61 Å². The molecule has 0 aliphatic heterocycles. The Kier molecular flexibility index (Phi) is 5.75. The summed E-state index contributed by atoms with van der Waals surface area (Å²) in [5, 5.41) is 0. The molecule has 1 aromatic carbocycles. The van der Waals surface area contributed by atoms with Crippen molar-refractivity contribution in [1.82, 2.24) is 0 Å². The van der Waals surface area contributed by atoms with Gasteiger partial charge in [0.25, 0.3) is 0 Å². The summed E-state index contributed by atoms with van der Waals surface area (Å²) in [4.78, 5) is 11.2. The molecule has 0 fully saturated rings. The lowest BCUT2D eigenvalue weighted by molar-refractivity contribution is -0.141. The van der Waals surface area contributed by atoms with Crippen molar-refractivity contribution in [3.05, 3.63) is 35.9 Å². The molecule has 3 heteroatoms. The molecule has 0 N–H and O–H groups in total. The number of hydrogen-bond acceptors (Lipinski definition) is 3. The fraction of sp³-hybridized carbons (Fsp3) is 0.462. The average molecular weight is 222 g/mol. The summed E-state index contributed by atoms with van der Waals surface area (Å²) in [6, 6.07) is 9.86.